The summed E-state index contributed by atoms with van der Waals surface area (Å²) in [6.07, 6.45) is 3.41. The maximum Gasteiger partial charge on any atom is 0.306 e. The maximum atomic E-state index is 11.3. The van der Waals surface area contributed by atoms with Crippen LogP contribution in [0.2, 0.25) is 0 Å². The monoisotopic (exact) mass is 266 g/mol. The van der Waals surface area contributed by atoms with Gasteiger partial charge in [0.25, 0.3) is 0 Å². The lowest BCUT2D eigenvalue weighted by molar-refractivity contribution is -0.142. The van der Waals surface area contributed by atoms with Gasteiger partial charge in [0.1, 0.15) is 6.61 Å². The fourth-order valence-electron chi connectivity index (χ4n) is 1.58. The molecular formula is C14H18O3S. The molecule has 1 rings (SSSR count). The number of carbonyl (C=O) groups excluding carboxylic acids is 1. The molecule has 0 saturated carbocycles. The molecule has 0 amide bonds. The number of aliphatic hydroxyl groups is 1. The Balaban J connectivity index is 2.44. The van der Waals surface area contributed by atoms with Crippen molar-refractivity contribution < 1.29 is 14.6 Å². The van der Waals surface area contributed by atoms with Crippen molar-refractivity contribution >= 4 is 17.3 Å². The minimum Gasteiger partial charge on any atom is -0.461 e. The normalized spacial score (nSPS) is 13.6. The van der Waals surface area contributed by atoms with Crippen molar-refractivity contribution in [2.75, 3.05) is 6.61 Å². The first-order chi connectivity index (χ1) is 8.69. The second kappa shape index (κ2) is 7.84. The summed E-state index contributed by atoms with van der Waals surface area (Å²) in [5.74, 6) is -0.417. The van der Waals surface area contributed by atoms with Crippen molar-refractivity contribution in [1.82, 2.24) is 0 Å². The zero-order valence-corrected chi connectivity index (χ0v) is 11.1. The summed E-state index contributed by atoms with van der Waals surface area (Å²) in [6, 6.07) is 3.77. The van der Waals surface area contributed by atoms with Crippen molar-refractivity contribution in [3.63, 3.8) is 0 Å². The van der Waals surface area contributed by atoms with Gasteiger partial charge in [0, 0.05) is 17.2 Å². The molecule has 0 aliphatic rings. The molecule has 0 saturated heterocycles. The molecule has 0 aromatic carbocycles. The first kappa shape index (κ1) is 14.7. The van der Waals surface area contributed by atoms with E-state index in [1.165, 1.54) is 17.4 Å². The van der Waals surface area contributed by atoms with E-state index >= 15 is 0 Å². The van der Waals surface area contributed by atoms with E-state index in [2.05, 4.69) is 13.2 Å². The number of ether oxygens (including phenoxy) is 1. The number of hydrogen-bond donors (Lipinski definition) is 1. The highest BCUT2D eigenvalue weighted by Gasteiger charge is 2.20. The van der Waals surface area contributed by atoms with Crippen molar-refractivity contribution in [2.45, 2.75) is 18.9 Å². The third kappa shape index (κ3) is 4.47. The number of carbonyl (C=O) groups is 1. The third-order valence-corrected chi connectivity index (χ3v) is 3.53. The molecule has 0 spiro atoms. The lowest BCUT2D eigenvalue weighted by Crippen LogP contribution is -2.12. The van der Waals surface area contributed by atoms with Gasteiger partial charge in [0.2, 0.25) is 0 Å². The molecule has 1 N–H and O–H groups in total. The number of hydrogen-bond acceptors (Lipinski definition) is 4. The molecule has 2 atom stereocenters. The molecule has 0 aliphatic carbocycles. The minimum absolute atomic E-state index is 0.139. The molecule has 1 aromatic rings. The molecule has 3 nitrogen and oxygen atoms in total. The molecule has 0 radical (unpaired) electrons. The fraction of sp³-hybridized carbons (Fsp3) is 0.357. The van der Waals surface area contributed by atoms with Gasteiger partial charge in [-0.1, -0.05) is 24.8 Å². The average molecular weight is 266 g/mol. The van der Waals surface area contributed by atoms with Crippen molar-refractivity contribution in [3.05, 3.63) is 47.7 Å². The predicted octanol–water partition coefficient (Wildman–Crippen LogP) is 3.09. The highest BCUT2D eigenvalue weighted by atomic mass is 32.1. The van der Waals surface area contributed by atoms with E-state index < -0.39 is 6.10 Å². The topological polar surface area (TPSA) is 46.5 Å². The predicted molar refractivity (Wildman–Crippen MR) is 73.4 cm³/mol. The largest absolute Gasteiger partial charge is 0.461 e. The molecule has 1 heterocycles. The Hall–Kier alpha value is -1.39. The van der Waals surface area contributed by atoms with Gasteiger partial charge in [-0.15, -0.1) is 17.9 Å². The summed E-state index contributed by atoms with van der Waals surface area (Å²) in [5.41, 5.74) is 0. The van der Waals surface area contributed by atoms with Crippen LogP contribution in [-0.4, -0.2) is 17.7 Å². The van der Waals surface area contributed by atoms with E-state index in [0.29, 0.717) is 6.42 Å². The van der Waals surface area contributed by atoms with E-state index in [1.54, 1.807) is 6.08 Å². The zero-order chi connectivity index (χ0) is 13.4. The quantitative estimate of drug-likeness (QED) is 0.581. The first-order valence-corrected chi connectivity index (χ1v) is 6.67. The van der Waals surface area contributed by atoms with E-state index in [0.717, 1.165) is 4.88 Å². The van der Waals surface area contributed by atoms with Crippen LogP contribution in [0.5, 0.6) is 0 Å². The smallest absolute Gasteiger partial charge is 0.306 e. The molecule has 98 valence electrons. The van der Waals surface area contributed by atoms with Gasteiger partial charge in [-0.2, -0.15) is 0 Å². The third-order valence-electron chi connectivity index (χ3n) is 2.59. The van der Waals surface area contributed by atoms with Gasteiger partial charge in [0.05, 0.1) is 6.10 Å². The van der Waals surface area contributed by atoms with Crippen LogP contribution in [0.1, 0.15) is 23.8 Å². The van der Waals surface area contributed by atoms with Crippen LogP contribution in [0.25, 0.3) is 0 Å². The molecule has 0 unspecified atom stereocenters. The van der Waals surface area contributed by atoms with E-state index in [-0.39, 0.29) is 24.9 Å². The maximum absolute atomic E-state index is 11.3. The molecule has 0 aliphatic heterocycles. The van der Waals surface area contributed by atoms with Crippen LogP contribution < -0.4 is 0 Å². The van der Waals surface area contributed by atoms with Gasteiger partial charge < -0.3 is 9.84 Å². The highest BCUT2D eigenvalue weighted by Crippen LogP contribution is 2.29. The summed E-state index contributed by atoms with van der Waals surface area (Å²) in [7, 11) is 0. The SMILES string of the molecule is C=CCOC(=O)CC[C@H](C=C)[C@@H](O)c1cccs1. The minimum atomic E-state index is -0.602. The van der Waals surface area contributed by atoms with Gasteiger partial charge in [-0.05, 0) is 17.9 Å². The number of aliphatic hydroxyl groups excluding tert-OH is 1. The Morgan fingerprint density at radius 3 is 2.89 bits per heavy atom. The highest BCUT2D eigenvalue weighted by molar-refractivity contribution is 7.10. The van der Waals surface area contributed by atoms with Crippen LogP contribution in [0.15, 0.2) is 42.8 Å². The number of thiophene rings is 1. The summed E-state index contributed by atoms with van der Waals surface area (Å²) < 4.78 is 4.89. The summed E-state index contributed by atoms with van der Waals surface area (Å²) >= 11 is 1.50. The fourth-order valence-corrected chi connectivity index (χ4v) is 2.37. The Kier molecular flexibility index (Phi) is 6.39. The number of rotatable bonds is 8. The Morgan fingerprint density at radius 1 is 1.56 bits per heavy atom. The second-order valence-electron chi connectivity index (χ2n) is 3.87. The van der Waals surface area contributed by atoms with Gasteiger partial charge in [0.15, 0.2) is 0 Å². The molecule has 0 fully saturated rings. The summed E-state index contributed by atoms with van der Waals surface area (Å²) in [4.78, 5) is 12.2. The molecule has 18 heavy (non-hydrogen) atoms. The second-order valence-corrected chi connectivity index (χ2v) is 4.85. The van der Waals surface area contributed by atoms with Crippen LogP contribution >= 0.6 is 11.3 Å². The van der Waals surface area contributed by atoms with Crippen molar-refractivity contribution in [3.8, 4) is 0 Å². The molecular weight excluding hydrogens is 248 g/mol. The Morgan fingerprint density at radius 2 is 2.33 bits per heavy atom. The summed E-state index contributed by atoms with van der Waals surface area (Å²) in [6.45, 7) is 7.41. The zero-order valence-electron chi connectivity index (χ0n) is 10.2. The van der Waals surface area contributed by atoms with Crippen LogP contribution in [0, 0.1) is 5.92 Å². The van der Waals surface area contributed by atoms with E-state index in [9.17, 15) is 9.90 Å². The molecule has 1 aromatic heterocycles. The number of esters is 1. The Bertz CT molecular complexity index is 384. The lowest BCUT2D eigenvalue weighted by Gasteiger charge is -2.17. The molecule has 4 heteroatoms. The van der Waals surface area contributed by atoms with Gasteiger partial charge in [-0.3, -0.25) is 4.79 Å². The standard InChI is InChI=1S/C14H18O3S/c1-3-9-17-13(15)8-7-11(4-2)14(16)12-6-5-10-18-12/h3-6,10-11,14,16H,1-2,7-9H2/t11-,14+/m0/s1. The van der Waals surface area contributed by atoms with E-state index in [1.807, 2.05) is 17.5 Å². The average Bonchev–Trinajstić information content (AvgIpc) is 2.90. The van der Waals surface area contributed by atoms with Crippen LogP contribution in [0.3, 0.4) is 0 Å². The van der Waals surface area contributed by atoms with Crippen LogP contribution in [0.4, 0.5) is 0 Å². The van der Waals surface area contributed by atoms with Crippen molar-refractivity contribution in [1.29, 1.82) is 0 Å². The first-order valence-electron chi connectivity index (χ1n) is 5.79. The van der Waals surface area contributed by atoms with Gasteiger partial charge in [-0.25, -0.2) is 0 Å². The Labute approximate surface area is 111 Å². The van der Waals surface area contributed by atoms with Gasteiger partial charge >= 0.3 is 5.97 Å². The molecule has 0 bridgehead atoms. The summed E-state index contributed by atoms with van der Waals surface area (Å²) in [5, 5.41) is 12.0. The van der Waals surface area contributed by atoms with E-state index in [4.69, 9.17) is 4.74 Å². The van der Waals surface area contributed by atoms with Crippen molar-refractivity contribution in [2.24, 2.45) is 5.92 Å². The van der Waals surface area contributed by atoms with Crippen LogP contribution in [-0.2, 0) is 9.53 Å². The lowest BCUT2D eigenvalue weighted by atomic mass is 9.96.